The van der Waals surface area contributed by atoms with Gasteiger partial charge in [0.05, 0.1) is 20.9 Å². The van der Waals surface area contributed by atoms with Crippen LogP contribution in [0.25, 0.3) is 5.52 Å². The van der Waals surface area contributed by atoms with Gasteiger partial charge in [-0.3, -0.25) is 0 Å². The van der Waals surface area contributed by atoms with Crippen LogP contribution in [0.1, 0.15) is 11.1 Å². The van der Waals surface area contributed by atoms with E-state index in [4.69, 9.17) is 4.74 Å². The lowest BCUT2D eigenvalue weighted by Gasteiger charge is -2.08. The van der Waals surface area contributed by atoms with Crippen molar-refractivity contribution in [1.29, 1.82) is 5.26 Å². The van der Waals surface area contributed by atoms with Crippen molar-refractivity contribution in [2.75, 3.05) is 0 Å². The minimum absolute atomic E-state index is 0.207. The molecule has 0 atom stereocenters. The van der Waals surface area contributed by atoms with Crippen LogP contribution in [0.5, 0.6) is 5.75 Å². The largest absolute Gasteiger partial charge is 0.489 e. The Bertz CT molecular complexity index is 1270. The Morgan fingerprint density at radius 2 is 1.57 bits per heavy atom. The second-order valence-electron chi connectivity index (χ2n) is 6.21. The smallest absolute Gasteiger partial charge is 0.206 e. The Morgan fingerprint density at radius 3 is 2.29 bits per heavy atom. The third-order valence-corrected chi connectivity index (χ3v) is 6.24. The van der Waals surface area contributed by atoms with E-state index >= 15 is 0 Å². The predicted molar refractivity (Wildman–Crippen MR) is 105 cm³/mol. The van der Waals surface area contributed by atoms with Gasteiger partial charge in [-0.25, -0.2) is 8.42 Å². The van der Waals surface area contributed by atoms with Gasteiger partial charge in [0.2, 0.25) is 9.84 Å². The van der Waals surface area contributed by atoms with Crippen LogP contribution in [-0.4, -0.2) is 12.8 Å². The molecule has 2 aromatic heterocycles. The van der Waals surface area contributed by atoms with Crippen molar-refractivity contribution in [2.24, 2.45) is 0 Å². The maximum atomic E-state index is 12.6. The molecule has 138 valence electrons. The number of fused-ring (bicyclic) bond motifs is 1. The zero-order valence-corrected chi connectivity index (χ0v) is 15.6. The van der Waals surface area contributed by atoms with Crippen LogP contribution in [0.4, 0.5) is 0 Å². The summed E-state index contributed by atoms with van der Waals surface area (Å²) in [7, 11) is -3.55. The predicted octanol–water partition coefficient (Wildman–Crippen LogP) is 4.22. The standard InChI is InChI=1S/C22H16N2O3S/c23-14-21-17(15-24-13-5-4-8-22(21)24)16-27-18-9-11-20(12-10-18)28(25,26)19-6-2-1-3-7-19/h1-13,15H,16H2. The van der Waals surface area contributed by atoms with E-state index in [9.17, 15) is 13.7 Å². The van der Waals surface area contributed by atoms with Crippen molar-refractivity contribution in [3.8, 4) is 11.8 Å². The number of benzene rings is 2. The van der Waals surface area contributed by atoms with E-state index in [0.717, 1.165) is 11.1 Å². The molecule has 28 heavy (non-hydrogen) atoms. The van der Waals surface area contributed by atoms with Gasteiger partial charge in [-0.1, -0.05) is 24.3 Å². The van der Waals surface area contributed by atoms with Gasteiger partial charge in [0, 0.05) is 18.0 Å². The fourth-order valence-corrected chi connectivity index (χ4v) is 4.31. The first-order valence-electron chi connectivity index (χ1n) is 8.61. The molecule has 5 nitrogen and oxygen atoms in total. The van der Waals surface area contributed by atoms with E-state index in [0.29, 0.717) is 11.3 Å². The highest BCUT2D eigenvalue weighted by Gasteiger charge is 2.17. The van der Waals surface area contributed by atoms with E-state index in [1.165, 1.54) is 12.1 Å². The molecule has 6 heteroatoms. The summed E-state index contributed by atoms with van der Waals surface area (Å²) in [5.74, 6) is 0.533. The summed E-state index contributed by atoms with van der Waals surface area (Å²) < 4.78 is 32.9. The zero-order chi connectivity index (χ0) is 19.6. The summed E-state index contributed by atoms with van der Waals surface area (Å²) in [5.41, 5.74) is 2.17. The molecular formula is C22H16N2O3S. The number of nitriles is 1. The maximum absolute atomic E-state index is 12.6. The summed E-state index contributed by atoms with van der Waals surface area (Å²) in [5, 5.41) is 9.45. The lowest BCUT2D eigenvalue weighted by molar-refractivity contribution is 0.306. The first kappa shape index (κ1) is 17.8. The topological polar surface area (TPSA) is 71.6 Å². The normalized spacial score (nSPS) is 11.2. The highest BCUT2D eigenvalue weighted by atomic mass is 32.2. The van der Waals surface area contributed by atoms with Gasteiger partial charge >= 0.3 is 0 Å². The monoisotopic (exact) mass is 388 g/mol. The van der Waals surface area contributed by atoms with Crippen molar-refractivity contribution >= 4 is 15.4 Å². The summed E-state index contributed by atoms with van der Waals surface area (Å²) in [4.78, 5) is 0.459. The molecule has 0 unspecified atom stereocenters. The Hall–Kier alpha value is -3.56. The van der Waals surface area contributed by atoms with Gasteiger partial charge in [-0.2, -0.15) is 5.26 Å². The Kier molecular flexibility index (Phi) is 4.60. The van der Waals surface area contributed by atoms with Crippen LogP contribution in [0.3, 0.4) is 0 Å². The number of ether oxygens (including phenoxy) is 1. The number of hydrogen-bond donors (Lipinski definition) is 0. The van der Waals surface area contributed by atoms with Gasteiger partial charge < -0.3 is 9.14 Å². The number of hydrogen-bond acceptors (Lipinski definition) is 4. The van der Waals surface area contributed by atoms with Crippen LogP contribution in [0.15, 0.2) is 95.0 Å². The molecule has 0 aliphatic heterocycles. The van der Waals surface area contributed by atoms with E-state index in [2.05, 4.69) is 6.07 Å². The summed E-state index contributed by atoms with van der Waals surface area (Å²) in [6, 6.07) is 22.5. The Balaban J connectivity index is 1.54. The highest BCUT2D eigenvalue weighted by Crippen LogP contribution is 2.24. The van der Waals surface area contributed by atoms with Crippen LogP contribution in [0.2, 0.25) is 0 Å². The zero-order valence-electron chi connectivity index (χ0n) is 14.8. The van der Waals surface area contributed by atoms with Gasteiger partial charge in [-0.15, -0.1) is 0 Å². The molecule has 4 rings (SSSR count). The SMILES string of the molecule is N#Cc1c(COc2ccc(S(=O)(=O)c3ccccc3)cc2)cn2ccccc12. The molecular weight excluding hydrogens is 372 g/mol. The number of pyridine rings is 1. The molecule has 0 fully saturated rings. The molecule has 0 saturated heterocycles. The summed E-state index contributed by atoms with van der Waals surface area (Å²) >= 11 is 0. The Morgan fingerprint density at radius 1 is 0.893 bits per heavy atom. The van der Waals surface area contributed by atoms with Gasteiger partial charge in [0.15, 0.2) is 0 Å². The van der Waals surface area contributed by atoms with E-state index in [1.807, 2.05) is 35.0 Å². The van der Waals surface area contributed by atoms with Gasteiger partial charge in [0.1, 0.15) is 18.4 Å². The van der Waals surface area contributed by atoms with Crippen LogP contribution in [0, 0.1) is 11.3 Å². The minimum Gasteiger partial charge on any atom is -0.489 e. The molecule has 0 bridgehead atoms. The number of aromatic nitrogens is 1. The lowest BCUT2D eigenvalue weighted by Crippen LogP contribution is -2.02. The second-order valence-corrected chi connectivity index (χ2v) is 8.16. The van der Waals surface area contributed by atoms with Crippen molar-refractivity contribution in [1.82, 2.24) is 4.40 Å². The first-order valence-corrected chi connectivity index (χ1v) is 10.1. The fraction of sp³-hybridized carbons (Fsp3) is 0.0455. The molecule has 4 aromatic rings. The van der Waals surface area contributed by atoms with Crippen LogP contribution >= 0.6 is 0 Å². The average molecular weight is 388 g/mol. The number of rotatable bonds is 5. The minimum atomic E-state index is -3.55. The molecule has 0 radical (unpaired) electrons. The van der Waals surface area contributed by atoms with Gasteiger partial charge in [0.25, 0.3) is 0 Å². The number of nitrogens with zero attached hydrogens (tertiary/aromatic N) is 2. The molecule has 0 amide bonds. The molecule has 0 aliphatic carbocycles. The molecule has 0 spiro atoms. The van der Waals surface area contributed by atoms with Crippen molar-refractivity contribution in [3.05, 3.63) is 96.3 Å². The lowest BCUT2D eigenvalue weighted by atomic mass is 10.2. The van der Waals surface area contributed by atoms with Crippen molar-refractivity contribution in [2.45, 2.75) is 16.4 Å². The first-order chi connectivity index (χ1) is 13.6. The van der Waals surface area contributed by atoms with E-state index in [-0.39, 0.29) is 16.4 Å². The van der Waals surface area contributed by atoms with Crippen LogP contribution < -0.4 is 4.74 Å². The average Bonchev–Trinajstić information content (AvgIpc) is 3.10. The molecule has 0 saturated carbocycles. The van der Waals surface area contributed by atoms with E-state index in [1.54, 1.807) is 42.5 Å². The number of sulfone groups is 1. The van der Waals surface area contributed by atoms with Crippen LogP contribution in [-0.2, 0) is 16.4 Å². The third-order valence-electron chi connectivity index (χ3n) is 4.46. The molecule has 2 aromatic carbocycles. The quantitative estimate of drug-likeness (QED) is 0.513. The summed E-state index contributed by atoms with van der Waals surface area (Å²) in [6.07, 6.45) is 3.74. The molecule has 0 aliphatic rings. The van der Waals surface area contributed by atoms with E-state index < -0.39 is 9.84 Å². The van der Waals surface area contributed by atoms with Crippen molar-refractivity contribution < 1.29 is 13.2 Å². The molecule has 0 N–H and O–H groups in total. The maximum Gasteiger partial charge on any atom is 0.206 e. The van der Waals surface area contributed by atoms with Crippen molar-refractivity contribution in [3.63, 3.8) is 0 Å². The summed E-state index contributed by atoms with van der Waals surface area (Å²) in [6.45, 7) is 0.218. The second kappa shape index (κ2) is 7.22. The molecule has 2 heterocycles. The Labute approximate surface area is 163 Å². The third kappa shape index (κ3) is 3.24. The highest BCUT2D eigenvalue weighted by molar-refractivity contribution is 7.91. The van der Waals surface area contributed by atoms with Gasteiger partial charge in [-0.05, 0) is 48.5 Å². The fourth-order valence-electron chi connectivity index (χ4n) is 3.03.